The Morgan fingerprint density at radius 3 is 2.04 bits per heavy atom. The van der Waals surface area contributed by atoms with Crippen LogP contribution in [-0.2, 0) is 14.3 Å². The second-order valence-electron chi connectivity index (χ2n) is 8.17. The highest BCUT2D eigenvalue weighted by atomic mass is 16.7. The van der Waals surface area contributed by atoms with Crippen molar-refractivity contribution in [3.05, 3.63) is 0 Å². The van der Waals surface area contributed by atoms with Gasteiger partial charge in [-0.05, 0) is 41.0 Å². The van der Waals surface area contributed by atoms with Crippen LogP contribution in [0.5, 0.6) is 0 Å². The van der Waals surface area contributed by atoms with E-state index in [-0.39, 0.29) is 16.8 Å². The predicted octanol–water partition coefficient (Wildman–Crippen LogP) is 2.51. The first-order chi connectivity index (χ1) is 10.8. The van der Waals surface area contributed by atoms with E-state index in [9.17, 15) is 0 Å². The molecule has 0 aromatic carbocycles. The topological polar surface area (TPSA) is 34.2 Å². The maximum atomic E-state index is 6.46. The minimum absolute atomic E-state index is 0.0309. The van der Waals surface area contributed by atoms with Crippen molar-refractivity contribution in [2.24, 2.45) is 11.8 Å². The van der Waals surface area contributed by atoms with Crippen molar-refractivity contribution >= 4 is 0 Å². The average molecular weight is 326 g/mol. The summed E-state index contributed by atoms with van der Waals surface area (Å²) in [6.07, 6.45) is 1.04. The zero-order valence-corrected chi connectivity index (χ0v) is 15.7. The Hall–Kier alpha value is -0.200. The van der Waals surface area contributed by atoms with Crippen molar-refractivity contribution in [2.45, 2.75) is 64.8 Å². The standard InChI is InChI=1S/C18H34N2O3/c1-7-11-23-20-16(3,4)14-15(17(20,5)6)18(14,22-8-2)19-9-12-21-13-10-19/h14-15H,7-13H2,1-6H3. The maximum absolute atomic E-state index is 6.46. The normalized spacial score (nSPS) is 39.4. The molecular weight excluding hydrogens is 292 g/mol. The van der Waals surface area contributed by atoms with Crippen LogP contribution in [0.15, 0.2) is 0 Å². The summed E-state index contributed by atoms with van der Waals surface area (Å²) >= 11 is 0. The molecule has 1 saturated carbocycles. The Balaban J connectivity index is 1.89. The molecule has 2 saturated heterocycles. The Morgan fingerprint density at radius 2 is 1.57 bits per heavy atom. The van der Waals surface area contributed by atoms with Crippen LogP contribution in [0.4, 0.5) is 0 Å². The highest BCUT2D eigenvalue weighted by molar-refractivity contribution is 5.31. The van der Waals surface area contributed by atoms with Crippen molar-refractivity contribution in [2.75, 3.05) is 39.5 Å². The lowest BCUT2D eigenvalue weighted by Crippen LogP contribution is -2.61. The zero-order chi connectivity index (χ0) is 16.9. The van der Waals surface area contributed by atoms with Gasteiger partial charge in [-0.1, -0.05) is 6.92 Å². The van der Waals surface area contributed by atoms with E-state index in [1.54, 1.807) is 0 Å². The molecular formula is C18H34N2O3. The molecule has 3 aliphatic rings. The van der Waals surface area contributed by atoms with Crippen molar-refractivity contribution in [3.8, 4) is 0 Å². The van der Waals surface area contributed by atoms with Gasteiger partial charge in [0, 0.05) is 42.6 Å². The molecule has 2 aliphatic heterocycles. The van der Waals surface area contributed by atoms with Gasteiger partial charge in [0.15, 0.2) is 0 Å². The number of fused-ring (bicyclic) bond motifs is 1. The molecule has 0 N–H and O–H groups in total. The van der Waals surface area contributed by atoms with Crippen molar-refractivity contribution in [3.63, 3.8) is 0 Å². The molecule has 3 rings (SSSR count). The monoisotopic (exact) mass is 326 g/mol. The summed E-state index contributed by atoms with van der Waals surface area (Å²) in [4.78, 5) is 8.71. The summed E-state index contributed by atoms with van der Waals surface area (Å²) in [6, 6.07) is 0. The van der Waals surface area contributed by atoms with Gasteiger partial charge in [0.2, 0.25) is 0 Å². The second-order valence-corrected chi connectivity index (χ2v) is 8.17. The molecule has 0 amide bonds. The number of hydroxylamine groups is 2. The first kappa shape index (κ1) is 17.6. The van der Waals surface area contributed by atoms with Gasteiger partial charge < -0.3 is 9.47 Å². The summed E-state index contributed by atoms with van der Waals surface area (Å²) in [5, 5.41) is 2.26. The van der Waals surface area contributed by atoms with Gasteiger partial charge in [0.25, 0.3) is 0 Å². The number of piperidine rings is 1. The lowest BCUT2D eigenvalue weighted by Gasteiger charge is -2.49. The largest absolute Gasteiger partial charge is 0.379 e. The third kappa shape index (κ3) is 2.39. The molecule has 2 unspecified atom stereocenters. The first-order valence-electron chi connectivity index (χ1n) is 9.25. The predicted molar refractivity (Wildman–Crippen MR) is 90.0 cm³/mol. The van der Waals surface area contributed by atoms with Gasteiger partial charge in [-0.25, -0.2) is 0 Å². The van der Waals surface area contributed by atoms with E-state index in [2.05, 4.69) is 51.5 Å². The van der Waals surface area contributed by atoms with Crippen LogP contribution in [0.1, 0.15) is 48.0 Å². The fraction of sp³-hybridized carbons (Fsp3) is 1.00. The number of hydrogen-bond acceptors (Lipinski definition) is 5. The van der Waals surface area contributed by atoms with Crippen molar-refractivity contribution < 1.29 is 14.3 Å². The lowest BCUT2D eigenvalue weighted by molar-refractivity contribution is -0.279. The fourth-order valence-electron chi connectivity index (χ4n) is 5.50. The molecule has 2 heterocycles. The highest BCUT2D eigenvalue weighted by Gasteiger charge is 2.84. The number of ether oxygens (including phenoxy) is 2. The summed E-state index contributed by atoms with van der Waals surface area (Å²) < 4.78 is 12.0. The highest BCUT2D eigenvalue weighted by Crippen LogP contribution is 2.72. The van der Waals surface area contributed by atoms with Crippen LogP contribution in [0.3, 0.4) is 0 Å². The summed E-state index contributed by atoms with van der Waals surface area (Å²) in [5.41, 5.74) is -0.203. The maximum Gasteiger partial charge on any atom is 0.132 e. The molecule has 0 aromatic rings. The number of nitrogens with zero attached hydrogens (tertiary/aromatic N) is 2. The van der Waals surface area contributed by atoms with E-state index in [1.165, 1.54) is 0 Å². The van der Waals surface area contributed by atoms with Crippen molar-refractivity contribution in [1.82, 2.24) is 9.96 Å². The summed E-state index contributed by atoms with van der Waals surface area (Å²) in [6.45, 7) is 18.6. The van der Waals surface area contributed by atoms with Crippen LogP contribution in [0, 0.1) is 11.8 Å². The minimum Gasteiger partial charge on any atom is -0.379 e. The Labute approximate surface area is 141 Å². The van der Waals surface area contributed by atoms with Crippen LogP contribution >= 0.6 is 0 Å². The van der Waals surface area contributed by atoms with E-state index in [1.807, 2.05) is 0 Å². The lowest BCUT2D eigenvalue weighted by atomic mass is 9.95. The molecule has 5 nitrogen and oxygen atoms in total. The zero-order valence-electron chi connectivity index (χ0n) is 15.7. The molecule has 2 atom stereocenters. The SMILES string of the molecule is CCCON1C(C)(C)C2C(C1(C)C)C2(OCC)N1CCOCC1. The minimum atomic E-state index is -0.141. The number of hydrogen-bond donors (Lipinski definition) is 0. The van der Waals surface area contributed by atoms with Gasteiger partial charge in [-0.15, -0.1) is 0 Å². The average Bonchev–Trinajstić information content (AvgIpc) is 3.16. The van der Waals surface area contributed by atoms with Crippen molar-refractivity contribution in [1.29, 1.82) is 0 Å². The van der Waals surface area contributed by atoms with Gasteiger partial charge in [0.1, 0.15) is 5.72 Å². The molecule has 0 aromatic heterocycles. The molecule has 0 bridgehead atoms. The Bertz CT molecular complexity index is 410. The molecule has 5 heteroatoms. The number of rotatable bonds is 6. The van der Waals surface area contributed by atoms with E-state index in [0.717, 1.165) is 45.9 Å². The second kappa shape index (κ2) is 5.95. The molecule has 134 valence electrons. The smallest absolute Gasteiger partial charge is 0.132 e. The quantitative estimate of drug-likeness (QED) is 0.749. The third-order valence-electron chi connectivity index (χ3n) is 5.99. The summed E-state index contributed by atoms with van der Waals surface area (Å²) in [5.74, 6) is 0.944. The van der Waals surface area contributed by atoms with E-state index in [4.69, 9.17) is 14.3 Å². The van der Waals surface area contributed by atoms with Crippen LogP contribution in [0.25, 0.3) is 0 Å². The molecule has 1 aliphatic carbocycles. The molecule has 0 radical (unpaired) electrons. The van der Waals surface area contributed by atoms with Crippen LogP contribution in [0.2, 0.25) is 0 Å². The van der Waals surface area contributed by atoms with Crippen LogP contribution in [-0.4, -0.2) is 66.3 Å². The van der Waals surface area contributed by atoms with E-state index >= 15 is 0 Å². The summed E-state index contributed by atoms with van der Waals surface area (Å²) in [7, 11) is 0. The Morgan fingerprint density at radius 1 is 1.00 bits per heavy atom. The molecule has 23 heavy (non-hydrogen) atoms. The van der Waals surface area contributed by atoms with E-state index < -0.39 is 0 Å². The molecule has 3 fully saturated rings. The van der Waals surface area contributed by atoms with Gasteiger partial charge in [0.05, 0.1) is 19.8 Å². The van der Waals surface area contributed by atoms with Gasteiger partial charge in [-0.3, -0.25) is 9.74 Å². The Kier molecular flexibility index (Phi) is 4.56. The molecule has 0 spiro atoms. The third-order valence-corrected chi connectivity index (χ3v) is 5.99. The number of morpholine rings is 1. The van der Waals surface area contributed by atoms with Gasteiger partial charge >= 0.3 is 0 Å². The van der Waals surface area contributed by atoms with Crippen LogP contribution < -0.4 is 0 Å². The van der Waals surface area contributed by atoms with E-state index in [0.29, 0.717) is 11.8 Å². The fourth-order valence-corrected chi connectivity index (χ4v) is 5.50. The van der Waals surface area contributed by atoms with Gasteiger partial charge in [-0.2, -0.15) is 5.06 Å². The first-order valence-corrected chi connectivity index (χ1v) is 9.25.